The number of hydrogen-bond donors (Lipinski definition) is 0. The highest BCUT2D eigenvalue weighted by molar-refractivity contribution is 7.11. The normalized spacial score (nSPS) is 14.5. The van der Waals surface area contributed by atoms with Crippen molar-refractivity contribution in [2.24, 2.45) is 0 Å². The minimum Gasteiger partial charge on any atom is -0.372 e. The molecule has 1 unspecified atom stereocenters. The van der Waals surface area contributed by atoms with Crippen molar-refractivity contribution in [1.82, 2.24) is 10.2 Å². The van der Waals surface area contributed by atoms with Gasteiger partial charge in [-0.2, -0.15) is 0 Å². The van der Waals surface area contributed by atoms with Gasteiger partial charge in [0.15, 0.2) is 0 Å². The summed E-state index contributed by atoms with van der Waals surface area (Å²) < 4.78 is 5.28. The van der Waals surface area contributed by atoms with Crippen LogP contribution in [0.3, 0.4) is 0 Å². The van der Waals surface area contributed by atoms with Gasteiger partial charge in [0.1, 0.15) is 15.6 Å². The summed E-state index contributed by atoms with van der Waals surface area (Å²) in [6.07, 6.45) is 0. The number of methoxy groups -OCH3 is 1. The van der Waals surface area contributed by atoms with Gasteiger partial charge in [-0.05, 0) is 20.8 Å². The SMILES string of the molecule is COC(C)(C)c1nnc(C(C)Cl)s1. The number of alkyl halides is 1. The molecular formula is C8H13ClN2OS. The Bertz CT molecular complexity index is 285. The van der Waals surface area contributed by atoms with Crippen molar-refractivity contribution in [2.75, 3.05) is 7.11 Å². The number of nitrogens with zero attached hydrogens (tertiary/aromatic N) is 2. The fraction of sp³-hybridized carbons (Fsp3) is 0.750. The van der Waals surface area contributed by atoms with Crippen LogP contribution in [0, 0.1) is 0 Å². The van der Waals surface area contributed by atoms with Crippen molar-refractivity contribution in [2.45, 2.75) is 31.7 Å². The minimum absolute atomic E-state index is 0.0843. The van der Waals surface area contributed by atoms with Crippen LogP contribution < -0.4 is 0 Å². The molecule has 5 heteroatoms. The van der Waals surface area contributed by atoms with Gasteiger partial charge in [-0.25, -0.2) is 0 Å². The molecule has 0 aliphatic heterocycles. The maximum absolute atomic E-state index is 5.88. The summed E-state index contributed by atoms with van der Waals surface area (Å²) in [7, 11) is 1.66. The Kier molecular flexibility index (Phi) is 3.27. The largest absolute Gasteiger partial charge is 0.372 e. The lowest BCUT2D eigenvalue weighted by Crippen LogP contribution is -2.18. The van der Waals surface area contributed by atoms with Crippen LogP contribution in [0.2, 0.25) is 0 Å². The zero-order valence-corrected chi connectivity index (χ0v) is 9.74. The molecule has 0 saturated carbocycles. The van der Waals surface area contributed by atoms with Gasteiger partial charge in [0.2, 0.25) is 0 Å². The van der Waals surface area contributed by atoms with Crippen LogP contribution in [0.1, 0.15) is 36.2 Å². The van der Waals surface area contributed by atoms with Gasteiger partial charge in [-0.15, -0.1) is 21.8 Å². The first-order valence-corrected chi connectivity index (χ1v) is 5.26. The van der Waals surface area contributed by atoms with Gasteiger partial charge < -0.3 is 4.74 Å². The third-order valence-corrected chi connectivity index (χ3v) is 3.55. The second-order valence-electron chi connectivity index (χ2n) is 3.28. The molecule has 1 rings (SSSR count). The molecule has 0 radical (unpaired) electrons. The second kappa shape index (κ2) is 3.90. The Labute approximate surface area is 87.1 Å². The van der Waals surface area contributed by atoms with Gasteiger partial charge in [0.05, 0.1) is 5.38 Å². The van der Waals surface area contributed by atoms with Crippen molar-refractivity contribution in [3.05, 3.63) is 10.0 Å². The van der Waals surface area contributed by atoms with E-state index in [1.807, 2.05) is 20.8 Å². The molecule has 1 aromatic heterocycles. The number of aromatic nitrogens is 2. The maximum atomic E-state index is 5.88. The van der Waals surface area contributed by atoms with E-state index in [9.17, 15) is 0 Å². The summed E-state index contributed by atoms with van der Waals surface area (Å²) in [6.45, 7) is 5.79. The van der Waals surface area contributed by atoms with Gasteiger partial charge in [0, 0.05) is 7.11 Å². The summed E-state index contributed by atoms with van der Waals surface area (Å²) in [4.78, 5) is 0. The van der Waals surface area contributed by atoms with Gasteiger partial charge in [-0.1, -0.05) is 11.3 Å². The summed E-state index contributed by atoms with van der Waals surface area (Å²) >= 11 is 7.37. The van der Waals surface area contributed by atoms with Crippen molar-refractivity contribution in [3.8, 4) is 0 Å². The van der Waals surface area contributed by atoms with Crippen molar-refractivity contribution in [1.29, 1.82) is 0 Å². The molecule has 0 spiro atoms. The molecule has 0 aliphatic rings. The predicted octanol–water partition coefficient (Wildman–Crippen LogP) is 2.72. The van der Waals surface area contributed by atoms with Crippen LogP contribution in [-0.2, 0) is 10.3 Å². The smallest absolute Gasteiger partial charge is 0.148 e. The third kappa shape index (κ3) is 2.39. The van der Waals surface area contributed by atoms with Crippen LogP contribution in [0.15, 0.2) is 0 Å². The number of rotatable bonds is 3. The lowest BCUT2D eigenvalue weighted by atomic mass is 10.1. The van der Waals surface area contributed by atoms with Crippen LogP contribution in [0.25, 0.3) is 0 Å². The molecule has 3 nitrogen and oxygen atoms in total. The Hall–Kier alpha value is -0.190. The minimum atomic E-state index is -0.373. The lowest BCUT2D eigenvalue weighted by molar-refractivity contribution is 0.0185. The summed E-state index contributed by atoms with van der Waals surface area (Å²) in [5, 5.41) is 9.63. The number of hydrogen-bond acceptors (Lipinski definition) is 4. The molecule has 13 heavy (non-hydrogen) atoms. The first kappa shape index (κ1) is 10.9. The number of halogens is 1. The average molecular weight is 221 g/mol. The standard InChI is InChI=1S/C8H13ClN2OS/c1-5(9)6-10-11-7(13-6)8(2,3)12-4/h5H,1-4H3. The first-order valence-electron chi connectivity index (χ1n) is 4.00. The predicted molar refractivity (Wildman–Crippen MR) is 54.2 cm³/mol. The van der Waals surface area contributed by atoms with E-state index in [1.165, 1.54) is 11.3 Å². The van der Waals surface area contributed by atoms with Crippen LogP contribution in [-0.4, -0.2) is 17.3 Å². The first-order chi connectivity index (χ1) is 5.97. The molecule has 0 N–H and O–H groups in total. The summed E-state index contributed by atoms with van der Waals surface area (Å²) in [6, 6.07) is 0. The van der Waals surface area contributed by atoms with E-state index in [-0.39, 0.29) is 11.0 Å². The molecule has 0 bridgehead atoms. The Morgan fingerprint density at radius 2 is 2.08 bits per heavy atom. The van der Waals surface area contributed by atoms with E-state index in [1.54, 1.807) is 7.11 Å². The highest BCUT2D eigenvalue weighted by atomic mass is 35.5. The van der Waals surface area contributed by atoms with Crippen LogP contribution in [0.5, 0.6) is 0 Å². The van der Waals surface area contributed by atoms with Crippen LogP contribution >= 0.6 is 22.9 Å². The van der Waals surface area contributed by atoms with Gasteiger partial charge in [-0.3, -0.25) is 0 Å². The maximum Gasteiger partial charge on any atom is 0.148 e. The molecule has 74 valence electrons. The van der Waals surface area contributed by atoms with Crippen LogP contribution in [0.4, 0.5) is 0 Å². The van der Waals surface area contributed by atoms with E-state index in [0.717, 1.165) is 10.0 Å². The van der Waals surface area contributed by atoms with Gasteiger partial charge >= 0.3 is 0 Å². The van der Waals surface area contributed by atoms with Crippen molar-refractivity contribution < 1.29 is 4.74 Å². The lowest BCUT2D eigenvalue weighted by Gasteiger charge is -2.18. The van der Waals surface area contributed by atoms with Gasteiger partial charge in [0.25, 0.3) is 0 Å². The van der Waals surface area contributed by atoms with E-state index in [2.05, 4.69) is 10.2 Å². The highest BCUT2D eigenvalue weighted by Crippen LogP contribution is 2.30. The van der Waals surface area contributed by atoms with E-state index in [4.69, 9.17) is 16.3 Å². The molecule has 1 atom stereocenters. The Morgan fingerprint density at radius 3 is 2.46 bits per heavy atom. The number of ether oxygens (including phenoxy) is 1. The Morgan fingerprint density at radius 1 is 1.46 bits per heavy atom. The molecular weight excluding hydrogens is 208 g/mol. The quantitative estimate of drug-likeness (QED) is 0.735. The highest BCUT2D eigenvalue weighted by Gasteiger charge is 2.25. The molecule has 0 aromatic carbocycles. The molecule has 1 aromatic rings. The van der Waals surface area contributed by atoms with E-state index < -0.39 is 0 Å². The molecule has 0 aliphatic carbocycles. The molecule has 1 heterocycles. The fourth-order valence-electron chi connectivity index (χ4n) is 0.726. The summed E-state index contributed by atoms with van der Waals surface area (Å²) in [5.74, 6) is 0. The molecule has 0 amide bonds. The zero-order chi connectivity index (χ0) is 10.1. The average Bonchev–Trinajstić information content (AvgIpc) is 2.52. The van der Waals surface area contributed by atoms with Crippen molar-refractivity contribution in [3.63, 3.8) is 0 Å². The molecule has 0 saturated heterocycles. The van der Waals surface area contributed by atoms with Crippen molar-refractivity contribution >= 4 is 22.9 Å². The summed E-state index contributed by atoms with van der Waals surface area (Å²) in [5.41, 5.74) is -0.373. The van der Waals surface area contributed by atoms with E-state index >= 15 is 0 Å². The fourth-order valence-corrected chi connectivity index (χ4v) is 1.76. The molecule has 0 fully saturated rings. The zero-order valence-electron chi connectivity index (χ0n) is 8.17. The Balaban J connectivity index is 2.91. The topological polar surface area (TPSA) is 35.0 Å². The second-order valence-corrected chi connectivity index (χ2v) is 4.94. The monoisotopic (exact) mass is 220 g/mol. The van der Waals surface area contributed by atoms with E-state index in [0.29, 0.717) is 0 Å². The third-order valence-electron chi connectivity index (χ3n) is 1.81.